The minimum absolute atomic E-state index is 0.0491. The molecule has 1 N–H and O–H groups in total. The number of carboxylic acids is 1. The summed E-state index contributed by atoms with van der Waals surface area (Å²) in [5.74, 6) is -1.11. The maximum absolute atomic E-state index is 12.1. The average Bonchev–Trinajstić information content (AvgIpc) is 2.53. The van der Waals surface area contributed by atoms with Crippen molar-refractivity contribution in [1.82, 2.24) is 4.31 Å². The van der Waals surface area contributed by atoms with Crippen LogP contribution in [0.25, 0.3) is 0 Å². The first-order valence-corrected chi connectivity index (χ1v) is 9.57. The maximum Gasteiger partial charge on any atom is 0.328 e. The maximum atomic E-state index is 12.1. The van der Waals surface area contributed by atoms with Crippen LogP contribution in [0.4, 0.5) is 0 Å². The molecule has 1 amide bonds. The molecule has 138 valence electrons. The number of thiol groups is 1. The fourth-order valence-corrected chi connectivity index (χ4v) is 3.58. The Morgan fingerprint density at radius 3 is 2.16 bits per heavy atom. The third-order valence-electron chi connectivity index (χ3n) is 3.54. The lowest BCUT2D eigenvalue weighted by molar-refractivity contribution is -0.144. The number of carboxylic acid groups (broad SMARTS) is 1. The first-order chi connectivity index (χ1) is 11.7. The minimum Gasteiger partial charge on any atom is -0.480 e. The van der Waals surface area contributed by atoms with Crippen molar-refractivity contribution < 1.29 is 19.5 Å². The molecule has 25 heavy (non-hydrogen) atoms. The van der Waals surface area contributed by atoms with Crippen LogP contribution in [0.2, 0.25) is 0 Å². The van der Waals surface area contributed by atoms with E-state index in [4.69, 9.17) is 5.11 Å². The SMILES string of the molecule is CC(=O)N(SC(=O)CCc1ccc(CC(C)C)cc1)[C@@H](CS)C(=O)O. The van der Waals surface area contributed by atoms with Crippen molar-refractivity contribution in [3.63, 3.8) is 0 Å². The lowest BCUT2D eigenvalue weighted by Crippen LogP contribution is -2.41. The van der Waals surface area contributed by atoms with Gasteiger partial charge in [0.1, 0.15) is 6.04 Å². The summed E-state index contributed by atoms with van der Waals surface area (Å²) in [7, 11) is 0. The zero-order chi connectivity index (χ0) is 19.0. The van der Waals surface area contributed by atoms with Crippen LogP contribution in [0.15, 0.2) is 24.3 Å². The predicted octanol–water partition coefficient (Wildman–Crippen LogP) is 3.22. The molecule has 0 spiro atoms. The molecule has 0 fully saturated rings. The Bertz CT molecular complexity index is 602. The Kier molecular flexibility index (Phi) is 9.06. The molecule has 0 aliphatic rings. The van der Waals surface area contributed by atoms with Gasteiger partial charge in [-0.25, -0.2) is 4.79 Å². The molecule has 1 atom stereocenters. The van der Waals surface area contributed by atoms with Crippen LogP contribution in [-0.2, 0) is 27.2 Å². The largest absolute Gasteiger partial charge is 0.480 e. The molecule has 1 aromatic carbocycles. The van der Waals surface area contributed by atoms with Gasteiger partial charge in [0.05, 0.1) is 0 Å². The highest BCUT2D eigenvalue weighted by atomic mass is 32.2. The number of aryl methyl sites for hydroxylation is 1. The Labute approximate surface area is 158 Å². The Morgan fingerprint density at radius 1 is 1.16 bits per heavy atom. The summed E-state index contributed by atoms with van der Waals surface area (Å²) >= 11 is 4.61. The van der Waals surface area contributed by atoms with Crippen molar-refractivity contribution in [2.45, 2.75) is 46.1 Å². The van der Waals surface area contributed by atoms with E-state index in [2.05, 4.69) is 38.6 Å². The third kappa shape index (κ3) is 7.52. The standard InChI is InChI=1S/C18H25NO4S2/c1-12(2)10-15-6-4-14(5-7-15)8-9-17(21)25-19(13(3)20)16(11-24)18(22)23/h4-7,12,16,24H,8-11H2,1-3H3,(H,22,23)/t16-/m0/s1. The highest BCUT2D eigenvalue weighted by molar-refractivity contribution is 8.12. The molecule has 0 aromatic heterocycles. The van der Waals surface area contributed by atoms with E-state index in [9.17, 15) is 14.4 Å². The van der Waals surface area contributed by atoms with Gasteiger partial charge in [0.25, 0.3) is 0 Å². The molecule has 0 bridgehead atoms. The third-order valence-corrected chi connectivity index (χ3v) is 5.00. The van der Waals surface area contributed by atoms with Crippen LogP contribution in [0, 0.1) is 5.92 Å². The van der Waals surface area contributed by atoms with E-state index in [1.807, 2.05) is 12.1 Å². The number of nitrogens with zero attached hydrogens (tertiary/aromatic N) is 1. The van der Waals surface area contributed by atoms with Gasteiger partial charge in [0.2, 0.25) is 11.0 Å². The molecule has 1 aromatic rings. The van der Waals surface area contributed by atoms with E-state index in [1.54, 1.807) is 0 Å². The summed E-state index contributed by atoms with van der Waals surface area (Å²) in [6.45, 7) is 5.58. The molecule has 7 heteroatoms. The minimum atomic E-state index is -1.17. The highest BCUT2D eigenvalue weighted by Crippen LogP contribution is 2.20. The van der Waals surface area contributed by atoms with Crippen molar-refractivity contribution in [1.29, 1.82) is 0 Å². The second kappa shape index (κ2) is 10.5. The number of hydrogen-bond acceptors (Lipinski definition) is 5. The van der Waals surface area contributed by atoms with E-state index in [1.165, 1.54) is 12.5 Å². The van der Waals surface area contributed by atoms with Crippen molar-refractivity contribution in [3.8, 4) is 0 Å². The topological polar surface area (TPSA) is 74.7 Å². The Hall–Kier alpha value is -1.47. The van der Waals surface area contributed by atoms with Gasteiger partial charge in [-0.1, -0.05) is 38.1 Å². The van der Waals surface area contributed by atoms with Crippen molar-refractivity contribution >= 4 is 41.6 Å². The number of benzene rings is 1. The highest BCUT2D eigenvalue weighted by Gasteiger charge is 2.29. The van der Waals surface area contributed by atoms with Crippen LogP contribution in [0.1, 0.15) is 38.3 Å². The van der Waals surface area contributed by atoms with Crippen molar-refractivity contribution in [2.24, 2.45) is 5.92 Å². The van der Waals surface area contributed by atoms with Gasteiger partial charge in [-0.05, 0) is 29.9 Å². The summed E-state index contributed by atoms with van der Waals surface area (Å²) in [4.78, 5) is 35.0. The number of aliphatic carboxylic acids is 1. The summed E-state index contributed by atoms with van der Waals surface area (Å²) in [5, 5.41) is 8.89. The molecule has 0 aliphatic heterocycles. The predicted molar refractivity (Wildman–Crippen MR) is 104 cm³/mol. The molecular formula is C18H25NO4S2. The number of carbonyl (C=O) groups excluding carboxylic acids is 2. The van der Waals surface area contributed by atoms with E-state index >= 15 is 0 Å². The molecular weight excluding hydrogens is 358 g/mol. The lowest BCUT2D eigenvalue weighted by atomic mass is 10.0. The number of carbonyl (C=O) groups is 3. The summed E-state index contributed by atoms with van der Waals surface area (Å²) < 4.78 is 0.989. The van der Waals surface area contributed by atoms with Crippen LogP contribution >= 0.6 is 24.6 Å². The summed E-state index contributed by atoms with van der Waals surface area (Å²) in [5.41, 5.74) is 2.31. The van der Waals surface area contributed by atoms with E-state index in [-0.39, 0.29) is 17.3 Å². The normalized spacial score (nSPS) is 12.0. The first kappa shape index (κ1) is 21.6. The van der Waals surface area contributed by atoms with Gasteiger partial charge >= 0.3 is 5.97 Å². The van der Waals surface area contributed by atoms with Gasteiger partial charge in [-0.15, -0.1) is 0 Å². The number of amides is 1. The van der Waals surface area contributed by atoms with Crippen LogP contribution in [0.3, 0.4) is 0 Å². The molecule has 0 radical (unpaired) electrons. The van der Waals surface area contributed by atoms with Crippen molar-refractivity contribution in [2.75, 3.05) is 5.75 Å². The monoisotopic (exact) mass is 383 g/mol. The molecule has 5 nitrogen and oxygen atoms in total. The molecule has 0 unspecified atom stereocenters. The zero-order valence-corrected chi connectivity index (χ0v) is 16.5. The Morgan fingerprint density at radius 2 is 1.72 bits per heavy atom. The van der Waals surface area contributed by atoms with Gasteiger partial charge in [0.15, 0.2) is 0 Å². The fourth-order valence-electron chi connectivity index (χ4n) is 2.32. The zero-order valence-electron chi connectivity index (χ0n) is 14.8. The second-order valence-corrected chi connectivity index (χ2v) is 7.66. The number of hydrogen-bond donors (Lipinski definition) is 2. The van der Waals surface area contributed by atoms with Crippen LogP contribution in [-0.4, -0.2) is 38.2 Å². The molecule has 0 saturated heterocycles. The number of rotatable bonds is 8. The van der Waals surface area contributed by atoms with E-state index < -0.39 is 17.9 Å². The van der Waals surface area contributed by atoms with Crippen LogP contribution in [0.5, 0.6) is 0 Å². The molecule has 0 aliphatic carbocycles. The van der Waals surface area contributed by atoms with Gasteiger partial charge in [-0.3, -0.25) is 13.9 Å². The Balaban J connectivity index is 2.60. The molecule has 0 saturated carbocycles. The summed E-state index contributed by atoms with van der Waals surface area (Å²) in [6.07, 6.45) is 1.80. The molecule has 1 rings (SSSR count). The van der Waals surface area contributed by atoms with E-state index in [0.29, 0.717) is 24.3 Å². The van der Waals surface area contributed by atoms with E-state index in [0.717, 1.165) is 16.3 Å². The quantitative estimate of drug-likeness (QED) is 0.532. The summed E-state index contributed by atoms with van der Waals surface area (Å²) in [6, 6.07) is 7.02. The second-order valence-electron chi connectivity index (χ2n) is 6.26. The van der Waals surface area contributed by atoms with Crippen molar-refractivity contribution in [3.05, 3.63) is 35.4 Å². The van der Waals surface area contributed by atoms with Crippen LogP contribution < -0.4 is 0 Å². The molecule has 0 heterocycles. The average molecular weight is 384 g/mol. The lowest BCUT2D eigenvalue weighted by Gasteiger charge is -2.24. The fraction of sp³-hybridized carbons (Fsp3) is 0.500. The first-order valence-electron chi connectivity index (χ1n) is 8.16. The smallest absolute Gasteiger partial charge is 0.328 e. The van der Waals surface area contributed by atoms with Gasteiger partial charge in [-0.2, -0.15) is 12.6 Å². The van der Waals surface area contributed by atoms with Gasteiger partial charge < -0.3 is 5.11 Å². The van der Waals surface area contributed by atoms with Gasteiger partial charge in [0, 0.05) is 31.0 Å².